The van der Waals surface area contributed by atoms with Gasteiger partial charge in [-0.1, -0.05) is 6.07 Å². The second kappa shape index (κ2) is 3.95. The van der Waals surface area contributed by atoms with E-state index in [1.807, 2.05) is 16.8 Å². The van der Waals surface area contributed by atoms with Crippen LogP contribution in [0.15, 0.2) is 36.9 Å². The zero-order valence-electron chi connectivity index (χ0n) is 10.8. The van der Waals surface area contributed by atoms with E-state index in [0.717, 1.165) is 11.3 Å². The van der Waals surface area contributed by atoms with Gasteiger partial charge in [0, 0.05) is 24.2 Å². The Balaban J connectivity index is 2.22. The summed E-state index contributed by atoms with van der Waals surface area (Å²) in [6, 6.07) is 4.42. The summed E-state index contributed by atoms with van der Waals surface area (Å²) < 4.78 is 2.00. The van der Waals surface area contributed by atoms with Crippen LogP contribution in [0.4, 0.5) is 0 Å². The molecule has 0 amide bonds. The molecule has 2 heterocycles. The highest BCUT2D eigenvalue weighted by atomic mass is 15.0. The number of nitrogens with zero attached hydrogens (tertiary/aromatic N) is 3. The van der Waals surface area contributed by atoms with Crippen molar-refractivity contribution in [2.24, 2.45) is 0 Å². The predicted octanol–water partition coefficient (Wildman–Crippen LogP) is 3.32. The zero-order valence-corrected chi connectivity index (χ0v) is 10.8. The number of benzene rings is 1. The van der Waals surface area contributed by atoms with Crippen molar-refractivity contribution in [2.75, 3.05) is 0 Å². The molecule has 0 aliphatic carbocycles. The van der Waals surface area contributed by atoms with E-state index in [0.29, 0.717) is 0 Å². The summed E-state index contributed by atoms with van der Waals surface area (Å²) >= 11 is 0. The van der Waals surface area contributed by atoms with Crippen molar-refractivity contribution < 1.29 is 0 Å². The molecule has 0 unspecified atom stereocenters. The van der Waals surface area contributed by atoms with Crippen LogP contribution in [0, 0.1) is 20.8 Å². The highest BCUT2D eigenvalue weighted by molar-refractivity contribution is 5.67. The molecule has 0 saturated carbocycles. The second-order valence-corrected chi connectivity index (χ2v) is 4.72. The van der Waals surface area contributed by atoms with Gasteiger partial charge in [0.15, 0.2) is 5.65 Å². The minimum atomic E-state index is 0.880. The number of hydrogen-bond acceptors (Lipinski definition) is 2. The number of imidazole rings is 1. The third-order valence-electron chi connectivity index (χ3n) is 3.38. The molecular formula is C15H15N3. The molecule has 0 atom stereocenters. The van der Waals surface area contributed by atoms with Crippen LogP contribution in [0.3, 0.4) is 0 Å². The molecule has 0 aliphatic rings. The van der Waals surface area contributed by atoms with E-state index in [1.54, 1.807) is 12.4 Å². The zero-order chi connectivity index (χ0) is 12.7. The Morgan fingerprint density at radius 3 is 2.56 bits per heavy atom. The SMILES string of the molecule is Cc1cc(C)c(-c2cn3ccncc3n2)cc1C. The maximum atomic E-state index is 4.62. The molecule has 3 heteroatoms. The van der Waals surface area contributed by atoms with Gasteiger partial charge in [-0.05, 0) is 43.5 Å². The first-order chi connectivity index (χ1) is 8.65. The smallest absolute Gasteiger partial charge is 0.155 e. The Labute approximate surface area is 106 Å². The van der Waals surface area contributed by atoms with Crippen LogP contribution in [-0.4, -0.2) is 14.4 Å². The molecule has 3 aromatic rings. The molecule has 0 saturated heterocycles. The predicted molar refractivity (Wildman–Crippen MR) is 72.6 cm³/mol. The first-order valence-electron chi connectivity index (χ1n) is 6.02. The average Bonchev–Trinajstić information content (AvgIpc) is 2.77. The van der Waals surface area contributed by atoms with Gasteiger partial charge in [-0.2, -0.15) is 0 Å². The van der Waals surface area contributed by atoms with Gasteiger partial charge in [0.2, 0.25) is 0 Å². The Morgan fingerprint density at radius 1 is 1.00 bits per heavy atom. The molecule has 90 valence electrons. The lowest BCUT2D eigenvalue weighted by Crippen LogP contribution is -1.88. The lowest BCUT2D eigenvalue weighted by Gasteiger charge is -2.07. The molecule has 0 N–H and O–H groups in total. The molecule has 0 aliphatic heterocycles. The molecular weight excluding hydrogens is 222 g/mol. The van der Waals surface area contributed by atoms with Crippen molar-refractivity contribution in [3.8, 4) is 11.3 Å². The average molecular weight is 237 g/mol. The van der Waals surface area contributed by atoms with Gasteiger partial charge in [-0.15, -0.1) is 0 Å². The standard InChI is InChI=1S/C15H15N3/c1-10-6-12(3)13(7-11(10)2)14-9-18-5-4-16-8-15(18)17-14/h4-9H,1-3H3. The number of hydrogen-bond donors (Lipinski definition) is 0. The maximum Gasteiger partial charge on any atom is 0.155 e. The maximum absolute atomic E-state index is 4.62. The fourth-order valence-electron chi connectivity index (χ4n) is 2.21. The molecule has 18 heavy (non-hydrogen) atoms. The van der Waals surface area contributed by atoms with Crippen LogP contribution in [0.25, 0.3) is 16.9 Å². The highest BCUT2D eigenvalue weighted by Gasteiger charge is 2.08. The van der Waals surface area contributed by atoms with Gasteiger partial charge in [0.05, 0.1) is 11.9 Å². The lowest BCUT2D eigenvalue weighted by molar-refractivity contribution is 1.13. The van der Waals surface area contributed by atoms with Gasteiger partial charge in [-0.25, -0.2) is 4.98 Å². The third kappa shape index (κ3) is 1.68. The first kappa shape index (κ1) is 11.0. The molecule has 2 aromatic heterocycles. The summed E-state index contributed by atoms with van der Waals surface area (Å²) in [5.41, 5.74) is 6.96. The quantitative estimate of drug-likeness (QED) is 0.650. The fraction of sp³-hybridized carbons (Fsp3) is 0.200. The normalized spacial score (nSPS) is 11.1. The van der Waals surface area contributed by atoms with Crippen LogP contribution in [0.5, 0.6) is 0 Å². The second-order valence-electron chi connectivity index (χ2n) is 4.72. The third-order valence-corrected chi connectivity index (χ3v) is 3.38. The topological polar surface area (TPSA) is 30.2 Å². The monoisotopic (exact) mass is 237 g/mol. The highest BCUT2D eigenvalue weighted by Crippen LogP contribution is 2.25. The Morgan fingerprint density at radius 2 is 1.78 bits per heavy atom. The van der Waals surface area contributed by atoms with Crippen LogP contribution in [0.1, 0.15) is 16.7 Å². The summed E-state index contributed by atoms with van der Waals surface area (Å²) in [4.78, 5) is 8.71. The van der Waals surface area contributed by atoms with Crippen molar-refractivity contribution >= 4 is 5.65 Å². The summed E-state index contributed by atoms with van der Waals surface area (Å²) in [6.07, 6.45) is 7.52. The molecule has 0 bridgehead atoms. The molecule has 0 spiro atoms. The number of fused-ring (bicyclic) bond motifs is 1. The molecule has 0 radical (unpaired) electrons. The van der Waals surface area contributed by atoms with Crippen molar-refractivity contribution in [3.05, 3.63) is 53.6 Å². The van der Waals surface area contributed by atoms with E-state index in [9.17, 15) is 0 Å². The molecule has 3 nitrogen and oxygen atoms in total. The number of aryl methyl sites for hydroxylation is 3. The van der Waals surface area contributed by atoms with E-state index >= 15 is 0 Å². The van der Waals surface area contributed by atoms with Gasteiger partial charge in [-0.3, -0.25) is 4.98 Å². The van der Waals surface area contributed by atoms with Crippen molar-refractivity contribution in [2.45, 2.75) is 20.8 Å². The summed E-state index contributed by atoms with van der Waals surface area (Å²) in [5.74, 6) is 0. The molecule has 0 fully saturated rings. The van der Waals surface area contributed by atoms with E-state index < -0.39 is 0 Å². The largest absolute Gasteiger partial charge is 0.304 e. The Hall–Kier alpha value is -2.16. The minimum Gasteiger partial charge on any atom is -0.304 e. The number of rotatable bonds is 1. The van der Waals surface area contributed by atoms with Crippen LogP contribution >= 0.6 is 0 Å². The van der Waals surface area contributed by atoms with Crippen LogP contribution in [0.2, 0.25) is 0 Å². The van der Waals surface area contributed by atoms with E-state index in [-0.39, 0.29) is 0 Å². The summed E-state index contributed by atoms with van der Waals surface area (Å²) in [7, 11) is 0. The minimum absolute atomic E-state index is 0.880. The lowest BCUT2D eigenvalue weighted by atomic mass is 9.99. The van der Waals surface area contributed by atoms with Crippen molar-refractivity contribution in [3.63, 3.8) is 0 Å². The number of aromatic nitrogens is 3. The van der Waals surface area contributed by atoms with Gasteiger partial charge in [0.1, 0.15) is 0 Å². The summed E-state index contributed by atoms with van der Waals surface area (Å²) in [6.45, 7) is 6.40. The van der Waals surface area contributed by atoms with E-state index in [4.69, 9.17) is 0 Å². The molecule has 1 aromatic carbocycles. The fourth-order valence-corrected chi connectivity index (χ4v) is 2.21. The van der Waals surface area contributed by atoms with E-state index in [2.05, 4.69) is 42.9 Å². The molecule has 3 rings (SSSR count). The van der Waals surface area contributed by atoms with E-state index in [1.165, 1.54) is 22.3 Å². The Bertz CT molecular complexity index is 693. The van der Waals surface area contributed by atoms with Crippen LogP contribution in [-0.2, 0) is 0 Å². The van der Waals surface area contributed by atoms with Crippen molar-refractivity contribution in [1.29, 1.82) is 0 Å². The van der Waals surface area contributed by atoms with Gasteiger partial charge in [0.25, 0.3) is 0 Å². The Kier molecular flexibility index (Phi) is 2.40. The van der Waals surface area contributed by atoms with Crippen molar-refractivity contribution in [1.82, 2.24) is 14.4 Å². The van der Waals surface area contributed by atoms with Gasteiger partial charge < -0.3 is 4.40 Å². The first-order valence-corrected chi connectivity index (χ1v) is 6.02. The van der Waals surface area contributed by atoms with Gasteiger partial charge >= 0.3 is 0 Å². The van der Waals surface area contributed by atoms with Crippen LogP contribution < -0.4 is 0 Å². The summed E-state index contributed by atoms with van der Waals surface area (Å²) in [5, 5.41) is 0.